The quantitative estimate of drug-likeness (QED) is 0.288. The zero-order valence-electron chi connectivity index (χ0n) is 19.6. The summed E-state index contributed by atoms with van der Waals surface area (Å²) < 4.78 is 40.8. The number of hydrogen-bond acceptors (Lipinski definition) is 4. The van der Waals surface area contributed by atoms with Crippen molar-refractivity contribution in [1.82, 2.24) is 10.3 Å². The van der Waals surface area contributed by atoms with Crippen molar-refractivity contribution in [2.45, 2.75) is 36.5 Å². The number of pyridine rings is 1. The number of aromatic nitrogens is 1. The van der Waals surface area contributed by atoms with Gasteiger partial charge < -0.3 is 11.1 Å². The average molecular weight is 564 g/mol. The Morgan fingerprint density at radius 3 is 2.41 bits per heavy atom. The average Bonchev–Trinajstić information content (AvgIpc) is 2.86. The molecular formula is C27H22Cl2F3N3OS. The Balaban J connectivity index is 1.47. The van der Waals surface area contributed by atoms with E-state index >= 15 is 0 Å². The van der Waals surface area contributed by atoms with Crippen LogP contribution in [0, 0.1) is 11.6 Å². The summed E-state index contributed by atoms with van der Waals surface area (Å²) in [5, 5.41) is 2.97. The van der Waals surface area contributed by atoms with Crippen LogP contribution in [0.2, 0.25) is 0 Å². The van der Waals surface area contributed by atoms with E-state index in [-0.39, 0.29) is 35.0 Å². The Morgan fingerprint density at radius 1 is 1.05 bits per heavy atom. The van der Waals surface area contributed by atoms with Crippen molar-refractivity contribution in [2.24, 2.45) is 0 Å². The van der Waals surface area contributed by atoms with Crippen molar-refractivity contribution in [3.8, 4) is 11.1 Å². The lowest BCUT2D eigenvalue weighted by molar-refractivity contribution is 0.0951. The van der Waals surface area contributed by atoms with Gasteiger partial charge in [-0.05, 0) is 54.8 Å². The molecule has 1 unspecified atom stereocenters. The third-order valence-corrected chi connectivity index (χ3v) is 7.75. The summed E-state index contributed by atoms with van der Waals surface area (Å²) >= 11 is 13.9. The predicted octanol–water partition coefficient (Wildman–Crippen LogP) is 7.73. The fourth-order valence-electron chi connectivity index (χ4n) is 3.90. The molecule has 1 amide bonds. The van der Waals surface area contributed by atoms with E-state index in [0.29, 0.717) is 38.9 Å². The highest BCUT2D eigenvalue weighted by Gasteiger charge is 2.25. The summed E-state index contributed by atoms with van der Waals surface area (Å²) in [6, 6.07) is 11.8. The fraction of sp³-hybridized carbons (Fsp3) is 0.185. The number of benzene rings is 2. The van der Waals surface area contributed by atoms with Gasteiger partial charge in [-0.3, -0.25) is 4.79 Å². The first-order valence-electron chi connectivity index (χ1n) is 11.3. The van der Waals surface area contributed by atoms with Crippen molar-refractivity contribution in [3.63, 3.8) is 0 Å². The van der Waals surface area contributed by atoms with E-state index < -0.39 is 11.6 Å². The number of allylic oxidation sites excluding steroid dienone is 3. The maximum atomic E-state index is 14.1. The van der Waals surface area contributed by atoms with Crippen LogP contribution in [0.3, 0.4) is 0 Å². The second-order valence-electron chi connectivity index (χ2n) is 8.44. The van der Waals surface area contributed by atoms with Crippen LogP contribution < -0.4 is 11.1 Å². The number of rotatable bonds is 7. The number of nitrogen functional groups attached to an aromatic ring is 1. The Labute approximate surface area is 226 Å². The SMILES string of the molecule is CC(Sc1cc(-c2ccc(C(=O)NCc3cc(F)cc(F)c3)cc2)cnc1N)C1=C(Cl)CCC(F)=C1Cl. The topological polar surface area (TPSA) is 68.0 Å². The smallest absolute Gasteiger partial charge is 0.251 e. The van der Waals surface area contributed by atoms with Crippen LogP contribution >= 0.6 is 35.0 Å². The molecule has 2 aromatic carbocycles. The van der Waals surface area contributed by atoms with E-state index in [2.05, 4.69) is 10.3 Å². The molecule has 1 aliphatic carbocycles. The molecule has 3 N–H and O–H groups in total. The number of nitrogens with one attached hydrogen (secondary N) is 1. The van der Waals surface area contributed by atoms with Gasteiger partial charge in [0.2, 0.25) is 0 Å². The van der Waals surface area contributed by atoms with Gasteiger partial charge >= 0.3 is 0 Å². The van der Waals surface area contributed by atoms with Crippen molar-refractivity contribution in [3.05, 3.63) is 99.0 Å². The van der Waals surface area contributed by atoms with Crippen LogP contribution in [0.1, 0.15) is 35.7 Å². The van der Waals surface area contributed by atoms with Crippen LogP contribution in [-0.4, -0.2) is 16.1 Å². The van der Waals surface area contributed by atoms with Crippen molar-refractivity contribution in [2.75, 3.05) is 5.73 Å². The van der Waals surface area contributed by atoms with Gasteiger partial charge in [-0.15, -0.1) is 11.8 Å². The summed E-state index contributed by atoms with van der Waals surface area (Å²) in [7, 11) is 0. The van der Waals surface area contributed by atoms with Gasteiger partial charge in [0, 0.05) is 52.2 Å². The highest BCUT2D eigenvalue weighted by Crippen LogP contribution is 2.43. The Bertz CT molecular complexity index is 1390. The zero-order valence-corrected chi connectivity index (χ0v) is 22.0. The number of hydrogen-bond donors (Lipinski definition) is 2. The van der Waals surface area contributed by atoms with Crippen LogP contribution in [-0.2, 0) is 6.54 Å². The molecule has 192 valence electrons. The molecule has 0 saturated carbocycles. The molecule has 0 aliphatic heterocycles. The summed E-state index contributed by atoms with van der Waals surface area (Å²) in [5.41, 5.74) is 8.92. The molecule has 0 saturated heterocycles. The first-order valence-corrected chi connectivity index (χ1v) is 12.9. The molecule has 1 heterocycles. The number of carbonyl (C=O) groups excluding carboxylic acids is 1. The molecule has 0 radical (unpaired) electrons. The molecule has 4 nitrogen and oxygen atoms in total. The van der Waals surface area contributed by atoms with Crippen molar-refractivity contribution in [1.29, 1.82) is 0 Å². The number of carbonyl (C=O) groups is 1. The Hall–Kier alpha value is -2.94. The Kier molecular flexibility index (Phi) is 8.52. The maximum absolute atomic E-state index is 14.1. The van der Waals surface area contributed by atoms with Gasteiger partial charge in [0.05, 0.1) is 9.93 Å². The van der Waals surface area contributed by atoms with Gasteiger partial charge in [-0.2, -0.15) is 0 Å². The largest absolute Gasteiger partial charge is 0.383 e. The second-order valence-corrected chi connectivity index (χ2v) is 10.7. The second kappa shape index (κ2) is 11.6. The lowest BCUT2D eigenvalue weighted by Gasteiger charge is -2.22. The fourth-order valence-corrected chi connectivity index (χ4v) is 5.93. The lowest BCUT2D eigenvalue weighted by Crippen LogP contribution is -2.22. The summed E-state index contributed by atoms with van der Waals surface area (Å²) in [5.74, 6) is -1.85. The molecule has 0 spiro atoms. The minimum absolute atomic E-state index is 0.0144. The number of nitrogens with zero attached hydrogens (tertiary/aromatic N) is 1. The summed E-state index contributed by atoms with van der Waals surface area (Å²) in [6.45, 7) is 1.86. The molecule has 4 rings (SSSR count). The molecule has 10 heteroatoms. The van der Waals surface area contributed by atoms with Gasteiger partial charge in [0.1, 0.15) is 23.3 Å². The summed E-state index contributed by atoms with van der Waals surface area (Å²) in [6.07, 6.45) is 2.21. The van der Waals surface area contributed by atoms with E-state index in [1.165, 1.54) is 11.8 Å². The zero-order chi connectivity index (χ0) is 26.7. The van der Waals surface area contributed by atoms with Crippen LogP contribution in [0.4, 0.5) is 19.0 Å². The van der Waals surface area contributed by atoms with E-state index in [1.54, 1.807) is 30.5 Å². The standard InChI is InChI=1S/C27H22Cl2F3N3OS/c1-14(24-21(28)6-7-22(32)25(24)29)37-23-10-18(13-34-26(23)33)16-2-4-17(5-3-16)27(36)35-12-15-8-19(30)11-20(31)9-15/h2-5,8-11,13-14H,6-7,12H2,1H3,(H2,33,34)(H,35,36). The number of thioether (sulfide) groups is 1. The van der Waals surface area contributed by atoms with E-state index in [0.717, 1.165) is 29.3 Å². The summed E-state index contributed by atoms with van der Waals surface area (Å²) in [4.78, 5) is 17.5. The van der Waals surface area contributed by atoms with Crippen molar-refractivity contribution >= 4 is 46.7 Å². The van der Waals surface area contributed by atoms with E-state index in [4.69, 9.17) is 28.9 Å². The van der Waals surface area contributed by atoms with E-state index in [1.807, 2.05) is 13.0 Å². The number of amides is 1. The monoisotopic (exact) mass is 563 g/mol. The van der Waals surface area contributed by atoms with Gasteiger partial charge in [0.15, 0.2) is 0 Å². The van der Waals surface area contributed by atoms with Crippen molar-refractivity contribution < 1.29 is 18.0 Å². The highest BCUT2D eigenvalue weighted by molar-refractivity contribution is 8.00. The molecule has 1 aliphatic rings. The molecule has 1 atom stereocenters. The predicted molar refractivity (Wildman–Crippen MR) is 143 cm³/mol. The van der Waals surface area contributed by atoms with Gasteiger partial charge in [-0.25, -0.2) is 18.2 Å². The minimum Gasteiger partial charge on any atom is -0.383 e. The highest BCUT2D eigenvalue weighted by atomic mass is 35.5. The molecular weight excluding hydrogens is 542 g/mol. The molecule has 1 aromatic heterocycles. The number of nitrogens with two attached hydrogens (primary N) is 1. The van der Waals surface area contributed by atoms with Crippen LogP contribution in [0.15, 0.2) is 81.1 Å². The number of anilines is 1. The lowest BCUT2D eigenvalue weighted by atomic mass is 10.0. The normalized spacial score (nSPS) is 14.6. The van der Waals surface area contributed by atoms with Gasteiger partial charge in [-0.1, -0.05) is 35.3 Å². The molecule has 0 bridgehead atoms. The number of halogens is 5. The minimum atomic E-state index is -0.706. The molecule has 37 heavy (non-hydrogen) atoms. The first-order chi connectivity index (χ1) is 17.6. The van der Waals surface area contributed by atoms with E-state index in [9.17, 15) is 18.0 Å². The third kappa shape index (κ3) is 6.50. The van der Waals surface area contributed by atoms with Crippen LogP contribution in [0.5, 0.6) is 0 Å². The first kappa shape index (κ1) is 27.1. The van der Waals surface area contributed by atoms with Gasteiger partial charge in [0.25, 0.3) is 5.91 Å². The van der Waals surface area contributed by atoms with Crippen LogP contribution in [0.25, 0.3) is 11.1 Å². The maximum Gasteiger partial charge on any atom is 0.251 e. The Morgan fingerprint density at radius 2 is 1.73 bits per heavy atom. The third-order valence-electron chi connectivity index (χ3n) is 5.78. The molecule has 3 aromatic rings. The molecule has 0 fully saturated rings.